The lowest BCUT2D eigenvalue weighted by atomic mass is 9.86. The number of piperidine rings is 1. The van der Waals surface area contributed by atoms with Crippen LogP contribution in [0.3, 0.4) is 0 Å². The predicted molar refractivity (Wildman–Crippen MR) is 86.7 cm³/mol. The summed E-state index contributed by atoms with van der Waals surface area (Å²) in [6.45, 7) is 0.273. The molecule has 0 radical (unpaired) electrons. The smallest absolute Gasteiger partial charge is 0.465 e. The van der Waals surface area contributed by atoms with E-state index in [4.69, 9.17) is 4.52 Å². The fraction of sp³-hybridized carbons (Fsp3) is 0.412. The summed E-state index contributed by atoms with van der Waals surface area (Å²) in [4.78, 5) is 24.1. The Hall–Kier alpha value is -2.91. The molecule has 146 valence electrons. The van der Waals surface area contributed by atoms with Crippen molar-refractivity contribution in [1.82, 2.24) is 10.1 Å². The second-order valence-corrected chi connectivity index (χ2v) is 6.36. The van der Waals surface area contributed by atoms with E-state index in [2.05, 4.69) is 9.89 Å². The number of alkyl halides is 3. The van der Waals surface area contributed by atoms with Crippen molar-refractivity contribution in [2.75, 3.05) is 6.54 Å². The first kappa shape index (κ1) is 18.9. The molecule has 2 aromatic rings. The Morgan fingerprint density at radius 1 is 1.33 bits per heavy atom. The number of hydrogen-bond donors (Lipinski definition) is 2. The highest BCUT2D eigenvalue weighted by atomic mass is 19.4. The van der Waals surface area contributed by atoms with E-state index in [0.717, 1.165) is 0 Å². The van der Waals surface area contributed by atoms with Crippen LogP contribution in [0.2, 0.25) is 0 Å². The maximum absolute atomic E-state index is 12.2. The third-order valence-corrected chi connectivity index (χ3v) is 4.53. The summed E-state index contributed by atoms with van der Waals surface area (Å²) in [5.74, 6) is 0.0262. The Bertz CT molecular complexity index is 843. The van der Waals surface area contributed by atoms with Crippen LogP contribution in [0.4, 0.5) is 18.0 Å². The van der Waals surface area contributed by atoms with E-state index in [-0.39, 0.29) is 23.8 Å². The zero-order chi connectivity index (χ0) is 19.6. The minimum atomic E-state index is -4.77. The Morgan fingerprint density at radius 2 is 2.04 bits per heavy atom. The number of H-pyrrole nitrogens is 1. The van der Waals surface area contributed by atoms with Gasteiger partial charge in [0.2, 0.25) is 0 Å². The van der Waals surface area contributed by atoms with Crippen LogP contribution in [0.15, 0.2) is 39.6 Å². The third-order valence-electron chi connectivity index (χ3n) is 4.53. The number of likely N-dealkylation sites (tertiary alicyclic amines) is 1. The highest BCUT2D eigenvalue weighted by molar-refractivity contribution is 5.65. The average Bonchev–Trinajstić information content (AvgIpc) is 3.01. The van der Waals surface area contributed by atoms with Crippen LogP contribution in [-0.2, 0) is 6.42 Å². The van der Waals surface area contributed by atoms with Gasteiger partial charge in [-0.05, 0) is 37.0 Å². The molecule has 7 nitrogen and oxygen atoms in total. The predicted octanol–water partition coefficient (Wildman–Crippen LogP) is 3.34. The molecule has 1 aromatic heterocycles. The topological polar surface area (TPSA) is 95.8 Å². The number of rotatable bonds is 4. The molecule has 1 saturated heterocycles. The lowest BCUT2D eigenvalue weighted by Gasteiger charge is -2.37. The fourth-order valence-electron chi connectivity index (χ4n) is 3.35. The molecule has 1 amide bonds. The van der Waals surface area contributed by atoms with Gasteiger partial charge in [-0.2, -0.15) is 5.16 Å². The molecule has 2 N–H and O–H groups in total. The normalized spacial score (nSPS) is 20.5. The summed E-state index contributed by atoms with van der Waals surface area (Å²) < 4.78 is 45.7. The molecule has 3 rings (SSSR count). The van der Waals surface area contributed by atoms with Crippen LogP contribution in [-0.4, -0.2) is 40.2 Å². The second-order valence-electron chi connectivity index (χ2n) is 6.36. The summed E-state index contributed by atoms with van der Waals surface area (Å²) in [6.07, 6.45) is -4.55. The monoisotopic (exact) mass is 386 g/mol. The maximum atomic E-state index is 12.2. The summed E-state index contributed by atoms with van der Waals surface area (Å²) >= 11 is 0. The zero-order valence-electron chi connectivity index (χ0n) is 14.0. The van der Waals surface area contributed by atoms with Gasteiger partial charge in [-0.25, -0.2) is 4.79 Å². The number of carboxylic acid groups (broad SMARTS) is 1. The van der Waals surface area contributed by atoms with Crippen molar-refractivity contribution in [3.8, 4) is 5.75 Å². The minimum absolute atomic E-state index is 0.114. The molecular formula is C17H17F3N2O5. The standard InChI is InChI=1S/C17H17F3N2O5/c18-17(19,20)26-13-3-1-10(2-4-13)7-12-8-11(5-6-22(12)16(24)25)14-9-15(23)21-27-14/h1-4,9,11-12H,5-8H2,(H,21,23)(H,24,25)/t11-,12+/m1/s1. The van der Waals surface area contributed by atoms with Gasteiger partial charge in [0.05, 0.1) is 0 Å². The summed E-state index contributed by atoms with van der Waals surface area (Å²) in [6, 6.07) is 6.29. The van der Waals surface area contributed by atoms with Crippen molar-refractivity contribution in [3.05, 3.63) is 52.0 Å². The van der Waals surface area contributed by atoms with Crippen LogP contribution >= 0.6 is 0 Å². The Kier molecular flexibility index (Phi) is 5.15. The van der Waals surface area contributed by atoms with Gasteiger partial charge in [-0.3, -0.25) is 4.79 Å². The number of hydrogen-bond acceptors (Lipinski definition) is 4. The Morgan fingerprint density at radius 3 is 2.59 bits per heavy atom. The zero-order valence-corrected chi connectivity index (χ0v) is 14.0. The van der Waals surface area contributed by atoms with Crippen LogP contribution in [0.1, 0.15) is 30.1 Å². The van der Waals surface area contributed by atoms with Gasteiger partial charge in [-0.15, -0.1) is 13.2 Å². The molecule has 0 aliphatic carbocycles. The number of nitrogens with zero attached hydrogens (tertiary/aromatic N) is 1. The van der Waals surface area contributed by atoms with E-state index >= 15 is 0 Å². The number of aromatic nitrogens is 1. The molecule has 27 heavy (non-hydrogen) atoms. The first-order chi connectivity index (χ1) is 12.7. The quantitative estimate of drug-likeness (QED) is 0.840. The molecule has 1 aliphatic rings. The highest BCUT2D eigenvalue weighted by Crippen LogP contribution is 2.33. The number of amides is 1. The first-order valence-electron chi connectivity index (χ1n) is 8.24. The molecule has 1 fully saturated rings. The van der Waals surface area contributed by atoms with Crippen LogP contribution < -0.4 is 10.3 Å². The Balaban J connectivity index is 1.72. The van der Waals surface area contributed by atoms with Gasteiger partial charge in [0.25, 0.3) is 5.56 Å². The van der Waals surface area contributed by atoms with E-state index in [9.17, 15) is 27.9 Å². The van der Waals surface area contributed by atoms with Gasteiger partial charge in [0.15, 0.2) is 0 Å². The van der Waals surface area contributed by atoms with Gasteiger partial charge in [0, 0.05) is 24.6 Å². The van der Waals surface area contributed by atoms with E-state index < -0.39 is 18.5 Å². The average molecular weight is 386 g/mol. The number of halogens is 3. The SMILES string of the molecule is O=C(O)N1CC[C@@H](c2cc(=O)[nH]o2)C[C@@H]1Cc1ccc(OC(F)(F)F)cc1. The van der Waals surface area contributed by atoms with E-state index in [1.54, 1.807) is 0 Å². The number of nitrogens with one attached hydrogen (secondary N) is 1. The largest absolute Gasteiger partial charge is 0.573 e. The molecule has 0 spiro atoms. The molecule has 0 bridgehead atoms. The number of benzene rings is 1. The minimum Gasteiger partial charge on any atom is -0.465 e. The van der Waals surface area contributed by atoms with Gasteiger partial charge in [-0.1, -0.05) is 12.1 Å². The van der Waals surface area contributed by atoms with Crippen LogP contribution in [0.5, 0.6) is 5.75 Å². The van der Waals surface area contributed by atoms with Gasteiger partial charge < -0.3 is 19.3 Å². The molecule has 2 heterocycles. The molecule has 0 saturated carbocycles. The highest BCUT2D eigenvalue weighted by Gasteiger charge is 2.34. The lowest BCUT2D eigenvalue weighted by Crippen LogP contribution is -2.46. The second kappa shape index (κ2) is 7.37. The molecule has 0 unspecified atom stereocenters. The number of ether oxygens (including phenoxy) is 1. The van der Waals surface area contributed by atoms with Crippen molar-refractivity contribution in [2.24, 2.45) is 0 Å². The van der Waals surface area contributed by atoms with Gasteiger partial charge in [0.1, 0.15) is 11.5 Å². The fourth-order valence-corrected chi connectivity index (χ4v) is 3.35. The number of aromatic amines is 1. The summed E-state index contributed by atoms with van der Waals surface area (Å²) in [5.41, 5.74) is 0.319. The third kappa shape index (κ3) is 4.83. The van der Waals surface area contributed by atoms with E-state index in [1.807, 2.05) is 0 Å². The summed E-state index contributed by atoms with van der Waals surface area (Å²) in [7, 11) is 0. The van der Waals surface area contributed by atoms with E-state index in [1.165, 1.54) is 35.2 Å². The van der Waals surface area contributed by atoms with Crippen molar-refractivity contribution in [3.63, 3.8) is 0 Å². The van der Waals surface area contributed by atoms with Crippen molar-refractivity contribution in [2.45, 2.75) is 37.6 Å². The van der Waals surface area contributed by atoms with Crippen molar-refractivity contribution >= 4 is 6.09 Å². The molecule has 2 atom stereocenters. The van der Waals surface area contributed by atoms with Crippen LogP contribution in [0.25, 0.3) is 0 Å². The van der Waals surface area contributed by atoms with E-state index in [0.29, 0.717) is 30.6 Å². The summed E-state index contributed by atoms with van der Waals surface area (Å²) in [5, 5.41) is 11.6. The first-order valence-corrected chi connectivity index (χ1v) is 8.24. The maximum Gasteiger partial charge on any atom is 0.573 e. The van der Waals surface area contributed by atoms with Crippen LogP contribution in [0, 0.1) is 0 Å². The Labute approximate surface area is 151 Å². The number of carbonyl (C=O) groups is 1. The lowest BCUT2D eigenvalue weighted by molar-refractivity contribution is -0.274. The molecule has 1 aromatic carbocycles. The van der Waals surface area contributed by atoms with Crippen molar-refractivity contribution < 1.29 is 32.3 Å². The van der Waals surface area contributed by atoms with Gasteiger partial charge >= 0.3 is 12.5 Å². The molecule has 1 aliphatic heterocycles. The molecular weight excluding hydrogens is 369 g/mol. The van der Waals surface area contributed by atoms with Crippen molar-refractivity contribution in [1.29, 1.82) is 0 Å². The molecule has 10 heteroatoms.